The van der Waals surface area contributed by atoms with Gasteiger partial charge in [0.05, 0.1) is 16.8 Å². The second-order valence-corrected chi connectivity index (χ2v) is 6.37. The Morgan fingerprint density at radius 1 is 1.24 bits per heavy atom. The van der Waals surface area contributed by atoms with Crippen LogP contribution in [0.5, 0.6) is 0 Å². The molecule has 6 nitrogen and oxygen atoms in total. The van der Waals surface area contributed by atoms with E-state index in [9.17, 15) is 8.42 Å². The Labute approximate surface area is 125 Å². The van der Waals surface area contributed by atoms with E-state index in [0.717, 1.165) is 18.5 Å². The number of rotatable bonds is 7. The zero-order valence-corrected chi connectivity index (χ0v) is 13.0. The maximum atomic E-state index is 12.3. The zero-order valence-electron chi connectivity index (χ0n) is 12.2. The fourth-order valence-corrected chi connectivity index (χ4v) is 2.94. The van der Waals surface area contributed by atoms with E-state index < -0.39 is 10.0 Å². The third-order valence-electron chi connectivity index (χ3n) is 3.11. The van der Waals surface area contributed by atoms with Gasteiger partial charge in [-0.25, -0.2) is 8.42 Å². The molecule has 0 saturated heterocycles. The number of benzene rings is 1. The molecular weight excluding hydrogens is 288 g/mol. The molecule has 21 heavy (non-hydrogen) atoms. The largest absolute Gasteiger partial charge is 0.319 e. The first-order chi connectivity index (χ1) is 10.0. The lowest BCUT2D eigenvalue weighted by Gasteiger charge is -2.07. The number of hydrogen-bond donors (Lipinski definition) is 2. The Hall–Kier alpha value is -1.86. The van der Waals surface area contributed by atoms with Crippen LogP contribution in [0.4, 0.5) is 5.69 Å². The molecule has 0 fully saturated rings. The molecule has 7 heteroatoms. The summed E-state index contributed by atoms with van der Waals surface area (Å²) >= 11 is 0. The summed E-state index contributed by atoms with van der Waals surface area (Å²) in [4.78, 5) is 0.250. The van der Waals surface area contributed by atoms with Gasteiger partial charge in [0.2, 0.25) is 0 Å². The van der Waals surface area contributed by atoms with Crippen molar-refractivity contribution in [3.05, 3.63) is 42.2 Å². The van der Waals surface area contributed by atoms with E-state index >= 15 is 0 Å². The van der Waals surface area contributed by atoms with E-state index in [1.54, 1.807) is 23.0 Å². The van der Waals surface area contributed by atoms with Gasteiger partial charge in [-0.05, 0) is 44.6 Å². The highest BCUT2D eigenvalue weighted by Crippen LogP contribution is 2.16. The van der Waals surface area contributed by atoms with Crippen molar-refractivity contribution >= 4 is 15.7 Å². The monoisotopic (exact) mass is 308 g/mol. The minimum absolute atomic E-state index is 0.250. The number of anilines is 1. The summed E-state index contributed by atoms with van der Waals surface area (Å²) < 4.78 is 28.7. The third kappa shape index (κ3) is 4.05. The SMILES string of the molecule is CCn1cc(NS(=O)(=O)c2ccc(CCNC)cc2)cn1. The smallest absolute Gasteiger partial charge is 0.261 e. The molecule has 2 N–H and O–H groups in total. The molecule has 0 saturated carbocycles. The Morgan fingerprint density at radius 2 is 1.95 bits per heavy atom. The second kappa shape index (κ2) is 6.73. The number of hydrogen-bond acceptors (Lipinski definition) is 4. The first-order valence-electron chi connectivity index (χ1n) is 6.84. The standard InChI is InChI=1S/C14H20N4O2S/c1-3-18-11-13(10-16-18)17-21(19,20)14-6-4-12(5-7-14)8-9-15-2/h4-7,10-11,15,17H,3,8-9H2,1-2H3. The van der Waals surface area contributed by atoms with Crippen LogP contribution in [0.2, 0.25) is 0 Å². The summed E-state index contributed by atoms with van der Waals surface area (Å²) in [5.41, 5.74) is 1.57. The van der Waals surface area contributed by atoms with Gasteiger partial charge < -0.3 is 5.32 Å². The van der Waals surface area contributed by atoms with Crippen LogP contribution in [0.25, 0.3) is 0 Å². The molecule has 2 aromatic rings. The molecule has 0 amide bonds. The lowest BCUT2D eigenvalue weighted by atomic mass is 10.1. The predicted molar refractivity (Wildman–Crippen MR) is 82.8 cm³/mol. The fraction of sp³-hybridized carbons (Fsp3) is 0.357. The van der Waals surface area contributed by atoms with Crippen LogP contribution in [-0.2, 0) is 23.0 Å². The van der Waals surface area contributed by atoms with Crippen LogP contribution >= 0.6 is 0 Å². The maximum absolute atomic E-state index is 12.3. The minimum Gasteiger partial charge on any atom is -0.319 e. The number of nitrogens with one attached hydrogen (secondary N) is 2. The normalized spacial score (nSPS) is 11.5. The Kier molecular flexibility index (Phi) is 4.98. The molecule has 0 aliphatic carbocycles. The molecule has 1 heterocycles. The van der Waals surface area contributed by atoms with Crippen LogP contribution in [-0.4, -0.2) is 31.8 Å². The van der Waals surface area contributed by atoms with Gasteiger partial charge in [0.1, 0.15) is 0 Å². The molecular formula is C14H20N4O2S. The van der Waals surface area contributed by atoms with Gasteiger partial charge in [-0.1, -0.05) is 12.1 Å². The van der Waals surface area contributed by atoms with Gasteiger partial charge in [-0.2, -0.15) is 5.10 Å². The van der Waals surface area contributed by atoms with Crippen LogP contribution in [0.3, 0.4) is 0 Å². The van der Waals surface area contributed by atoms with Gasteiger partial charge in [-0.3, -0.25) is 9.40 Å². The van der Waals surface area contributed by atoms with E-state index in [4.69, 9.17) is 0 Å². The summed E-state index contributed by atoms with van der Waals surface area (Å²) in [7, 11) is -1.68. The fourth-order valence-electron chi connectivity index (χ4n) is 1.91. The van der Waals surface area contributed by atoms with Crippen molar-refractivity contribution in [1.29, 1.82) is 0 Å². The molecule has 0 aliphatic rings. The minimum atomic E-state index is -3.56. The molecule has 0 unspecified atom stereocenters. The molecule has 0 atom stereocenters. The quantitative estimate of drug-likeness (QED) is 0.812. The van der Waals surface area contributed by atoms with Gasteiger partial charge in [0.25, 0.3) is 10.0 Å². The van der Waals surface area contributed by atoms with Gasteiger partial charge >= 0.3 is 0 Å². The molecule has 1 aromatic carbocycles. The Bertz CT molecular complexity index is 677. The molecule has 0 bridgehead atoms. The van der Waals surface area contributed by atoms with Crippen molar-refractivity contribution in [1.82, 2.24) is 15.1 Å². The lowest BCUT2D eigenvalue weighted by molar-refractivity contribution is 0.601. The molecule has 2 rings (SSSR count). The number of aryl methyl sites for hydroxylation is 1. The van der Waals surface area contributed by atoms with Crippen molar-refractivity contribution in [2.24, 2.45) is 0 Å². The van der Waals surface area contributed by atoms with Gasteiger partial charge in [0, 0.05) is 12.7 Å². The Morgan fingerprint density at radius 3 is 2.52 bits per heavy atom. The number of sulfonamides is 1. The van der Waals surface area contributed by atoms with Crippen molar-refractivity contribution in [3.63, 3.8) is 0 Å². The number of aromatic nitrogens is 2. The average Bonchev–Trinajstić information content (AvgIpc) is 2.92. The van der Waals surface area contributed by atoms with E-state index in [0.29, 0.717) is 12.2 Å². The molecule has 114 valence electrons. The van der Waals surface area contributed by atoms with Crippen LogP contribution in [0.1, 0.15) is 12.5 Å². The highest BCUT2D eigenvalue weighted by Gasteiger charge is 2.14. The third-order valence-corrected chi connectivity index (χ3v) is 4.50. The van der Waals surface area contributed by atoms with Crippen LogP contribution in [0, 0.1) is 0 Å². The maximum Gasteiger partial charge on any atom is 0.261 e. The topological polar surface area (TPSA) is 76.0 Å². The van der Waals surface area contributed by atoms with Crippen molar-refractivity contribution in [3.8, 4) is 0 Å². The predicted octanol–water partition coefficient (Wildman–Crippen LogP) is 1.47. The van der Waals surface area contributed by atoms with E-state index in [1.807, 2.05) is 26.1 Å². The van der Waals surface area contributed by atoms with E-state index in [2.05, 4.69) is 15.1 Å². The highest BCUT2D eigenvalue weighted by molar-refractivity contribution is 7.92. The van der Waals surface area contributed by atoms with Crippen molar-refractivity contribution < 1.29 is 8.42 Å². The first kappa shape index (κ1) is 15.5. The Balaban J connectivity index is 2.11. The molecule has 0 spiro atoms. The van der Waals surface area contributed by atoms with Gasteiger partial charge in [0.15, 0.2) is 0 Å². The van der Waals surface area contributed by atoms with Crippen LogP contribution < -0.4 is 10.0 Å². The summed E-state index contributed by atoms with van der Waals surface area (Å²) in [5.74, 6) is 0. The number of likely N-dealkylation sites (N-methyl/N-ethyl adjacent to an activating group) is 1. The first-order valence-corrected chi connectivity index (χ1v) is 8.32. The van der Waals surface area contributed by atoms with Crippen LogP contribution in [0.15, 0.2) is 41.6 Å². The van der Waals surface area contributed by atoms with Gasteiger partial charge in [-0.15, -0.1) is 0 Å². The molecule has 1 aromatic heterocycles. The van der Waals surface area contributed by atoms with E-state index in [1.165, 1.54) is 6.20 Å². The zero-order chi connectivity index (χ0) is 15.3. The summed E-state index contributed by atoms with van der Waals surface area (Å²) in [6, 6.07) is 6.91. The van der Waals surface area contributed by atoms with E-state index in [-0.39, 0.29) is 4.90 Å². The van der Waals surface area contributed by atoms with Crippen molar-refractivity contribution in [2.75, 3.05) is 18.3 Å². The highest BCUT2D eigenvalue weighted by atomic mass is 32.2. The molecule has 0 aliphatic heterocycles. The number of nitrogens with zero attached hydrogens (tertiary/aromatic N) is 2. The summed E-state index contributed by atoms with van der Waals surface area (Å²) in [6.45, 7) is 3.50. The summed E-state index contributed by atoms with van der Waals surface area (Å²) in [5, 5.41) is 7.10. The lowest BCUT2D eigenvalue weighted by Crippen LogP contribution is -2.13. The second-order valence-electron chi connectivity index (χ2n) is 4.69. The summed E-state index contributed by atoms with van der Waals surface area (Å²) in [6.07, 6.45) is 4.04. The average molecular weight is 308 g/mol. The van der Waals surface area contributed by atoms with Crippen molar-refractivity contribution in [2.45, 2.75) is 24.8 Å². The molecule has 0 radical (unpaired) electrons.